The van der Waals surface area contributed by atoms with Crippen LogP contribution in [0.4, 0.5) is 11.5 Å². The molecule has 0 atom stereocenters. The van der Waals surface area contributed by atoms with Crippen molar-refractivity contribution >= 4 is 32.9 Å². The average Bonchev–Trinajstić information content (AvgIpc) is 3.17. The van der Waals surface area contributed by atoms with E-state index in [9.17, 15) is 0 Å². The second-order valence-corrected chi connectivity index (χ2v) is 7.06. The molecule has 0 fully saturated rings. The molecule has 2 heterocycles. The highest BCUT2D eigenvalue weighted by atomic mass is 32.1. The van der Waals surface area contributed by atoms with Gasteiger partial charge in [-0.3, -0.25) is 0 Å². The van der Waals surface area contributed by atoms with E-state index in [1.54, 1.807) is 39.0 Å². The van der Waals surface area contributed by atoms with E-state index in [0.29, 0.717) is 23.1 Å². The van der Waals surface area contributed by atoms with Gasteiger partial charge in [-0.2, -0.15) is 0 Å². The van der Waals surface area contributed by atoms with Gasteiger partial charge in [0.25, 0.3) is 0 Å². The topological polar surface area (TPSA) is 65.5 Å². The van der Waals surface area contributed by atoms with E-state index >= 15 is 0 Å². The van der Waals surface area contributed by atoms with Crippen LogP contribution in [-0.2, 0) is 0 Å². The van der Waals surface area contributed by atoms with Gasteiger partial charge in [0, 0.05) is 28.6 Å². The van der Waals surface area contributed by atoms with Crippen LogP contribution in [0.3, 0.4) is 0 Å². The molecule has 0 saturated carbocycles. The van der Waals surface area contributed by atoms with E-state index in [2.05, 4.69) is 33.5 Å². The highest BCUT2D eigenvalue weighted by molar-refractivity contribution is 7.22. The van der Waals surface area contributed by atoms with E-state index in [1.165, 1.54) is 10.1 Å². The van der Waals surface area contributed by atoms with Gasteiger partial charge in [0.2, 0.25) is 5.75 Å². The zero-order valence-electron chi connectivity index (χ0n) is 15.7. The molecule has 0 bridgehead atoms. The Morgan fingerprint density at radius 3 is 2.29 bits per heavy atom. The third kappa shape index (κ3) is 3.44. The second kappa shape index (κ2) is 7.74. The van der Waals surface area contributed by atoms with Crippen LogP contribution in [0.5, 0.6) is 17.2 Å². The Balaban J connectivity index is 1.67. The van der Waals surface area contributed by atoms with Gasteiger partial charge in [-0.05, 0) is 17.5 Å². The Kier molecular flexibility index (Phi) is 4.99. The molecular formula is C21H19N3O3S. The molecular weight excluding hydrogens is 374 g/mol. The molecule has 0 spiro atoms. The van der Waals surface area contributed by atoms with Gasteiger partial charge in [0.15, 0.2) is 11.5 Å². The van der Waals surface area contributed by atoms with E-state index in [-0.39, 0.29) is 0 Å². The summed E-state index contributed by atoms with van der Waals surface area (Å²) in [5, 5.41) is 4.50. The van der Waals surface area contributed by atoms with Crippen molar-refractivity contribution in [2.24, 2.45) is 0 Å². The summed E-state index contributed by atoms with van der Waals surface area (Å²) in [6, 6.07) is 16.0. The maximum Gasteiger partial charge on any atom is 0.203 e. The number of nitrogens with zero attached hydrogens (tertiary/aromatic N) is 2. The maximum atomic E-state index is 5.41. The number of thiophene rings is 1. The van der Waals surface area contributed by atoms with E-state index < -0.39 is 0 Å². The van der Waals surface area contributed by atoms with Gasteiger partial charge in [-0.25, -0.2) is 9.97 Å². The smallest absolute Gasteiger partial charge is 0.203 e. The minimum Gasteiger partial charge on any atom is -0.493 e. The minimum absolute atomic E-state index is 0.546. The van der Waals surface area contributed by atoms with Crippen LogP contribution >= 0.6 is 11.3 Å². The molecule has 4 rings (SSSR count). The molecule has 0 saturated heterocycles. The lowest BCUT2D eigenvalue weighted by atomic mass is 10.2. The van der Waals surface area contributed by atoms with Crippen LogP contribution in [0.2, 0.25) is 0 Å². The fraction of sp³-hybridized carbons (Fsp3) is 0.143. The number of hydrogen-bond acceptors (Lipinski definition) is 7. The molecule has 0 aliphatic heterocycles. The fourth-order valence-electron chi connectivity index (χ4n) is 2.97. The summed E-state index contributed by atoms with van der Waals surface area (Å²) in [5.41, 5.74) is 1.64. The van der Waals surface area contributed by atoms with Crippen molar-refractivity contribution in [2.45, 2.75) is 0 Å². The van der Waals surface area contributed by atoms with Crippen LogP contribution in [0.25, 0.3) is 20.7 Å². The zero-order valence-corrected chi connectivity index (χ0v) is 16.5. The third-order valence-corrected chi connectivity index (χ3v) is 5.42. The molecule has 4 aromatic rings. The van der Waals surface area contributed by atoms with Crippen molar-refractivity contribution in [1.82, 2.24) is 9.97 Å². The summed E-state index contributed by atoms with van der Waals surface area (Å²) >= 11 is 1.71. The third-order valence-electron chi connectivity index (χ3n) is 4.28. The van der Waals surface area contributed by atoms with Crippen molar-refractivity contribution in [2.75, 3.05) is 26.6 Å². The molecule has 0 unspecified atom stereocenters. The number of rotatable bonds is 6. The van der Waals surface area contributed by atoms with Gasteiger partial charge >= 0.3 is 0 Å². The number of ether oxygens (including phenoxy) is 3. The lowest BCUT2D eigenvalue weighted by Crippen LogP contribution is -1.99. The molecule has 142 valence electrons. The van der Waals surface area contributed by atoms with Gasteiger partial charge in [-0.15, -0.1) is 11.3 Å². The summed E-state index contributed by atoms with van der Waals surface area (Å²) in [4.78, 5) is 9.86. The van der Waals surface area contributed by atoms with Crippen molar-refractivity contribution in [3.63, 3.8) is 0 Å². The van der Waals surface area contributed by atoms with Crippen LogP contribution in [-0.4, -0.2) is 31.3 Å². The number of fused-ring (bicyclic) bond motifs is 1. The van der Waals surface area contributed by atoms with Crippen LogP contribution in [0, 0.1) is 0 Å². The molecule has 0 aliphatic rings. The molecule has 0 aliphatic carbocycles. The fourth-order valence-corrected chi connectivity index (χ4v) is 4.00. The van der Waals surface area contributed by atoms with Gasteiger partial charge in [0.05, 0.1) is 31.9 Å². The normalized spacial score (nSPS) is 10.7. The average molecular weight is 393 g/mol. The Morgan fingerprint density at radius 2 is 1.61 bits per heavy atom. The number of aromatic nitrogens is 2. The molecule has 2 aromatic heterocycles. The first-order valence-electron chi connectivity index (χ1n) is 8.60. The van der Waals surface area contributed by atoms with Gasteiger partial charge in [0.1, 0.15) is 12.1 Å². The number of nitrogens with one attached hydrogen (secondary N) is 1. The molecule has 0 amide bonds. The van der Waals surface area contributed by atoms with Crippen LogP contribution in [0.1, 0.15) is 0 Å². The summed E-state index contributed by atoms with van der Waals surface area (Å²) in [5.74, 6) is 2.37. The first kappa shape index (κ1) is 18.1. The first-order valence-corrected chi connectivity index (χ1v) is 9.41. The van der Waals surface area contributed by atoms with Gasteiger partial charge in [-0.1, -0.05) is 18.2 Å². The first-order chi connectivity index (χ1) is 13.7. The Labute approximate surface area is 166 Å². The summed E-state index contributed by atoms with van der Waals surface area (Å²) < 4.78 is 17.4. The predicted octanol–water partition coefficient (Wildman–Crippen LogP) is 5.13. The number of methoxy groups -OCH3 is 3. The summed E-state index contributed by atoms with van der Waals surface area (Å²) in [6.45, 7) is 0. The van der Waals surface area contributed by atoms with Crippen molar-refractivity contribution in [3.8, 4) is 27.8 Å². The molecule has 28 heavy (non-hydrogen) atoms. The Bertz CT molecular complexity index is 1070. The lowest BCUT2D eigenvalue weighted by Gasteiger charge is -2.15. The lowest BCUT2D eigenvalue weighted by molar-refractivity contribution is 0.324. The summed E-state index contributed by atoms with van der Waals surface area (Å²) in [7, 11) is 4.76. The predicted molar refractivity (Wildman–Crippen MR) is 112 cm³/mol. The van der Waals surface area contributed by atoms with E-state index in [4.69, 9.17) is 14.2 Å². The number of benzene rings is 2. The summed E-state index contributed by atoms with van der Waals surface area (Å²) in [6.07, 6.45) is 1.56. The van der Waals surface area contributed by atoms with Crippen LogP contribution in [0.15, 0.2) is 54.9 Å². The quantitative estimate of drug-likeness (QED) is 0.490. The monoisotopic (exact) mass is 393 g/mol. The molecule has 2 aromatic carbocycles. The number of hydrogen-bond donors (Lipinski definition) is 1. The molecule has 6 nitrogen and oxygen atoms in total. The zero-order chi connectivity index (χ0) is 19.5. The van der Waals surface area contributed by atoms with Crippen LogP contribution < -0.4 is 19.5 Å². The largest absolute Gasteiger partial charge is 0.493 e. The highest BCUT2D eigenvalue weighted by Gasteiger charge is 2.14. The molecule has 1 N–H and O–H groups in total. The van der Waals surface area contributed by atoms with Gasteiger partial charge < -0.3 is 19.5 Å². The minimum atomic E-state index is 0.546. The highest BCUT2D eigenvalue weighted by Crippen LogP contribution is 2.40. The molecule has 0 radical (unpaired) electrons. The maximum absolute atomic E-state index is 5.41. The SMILES string of the molecule is COc1cc(Nc2cc(-c3cc4ccccc4s3)ncn2)cc(OC)c1OC. The van der Waals surface area contributed by atoms with E-state index in [0.717, 1.165) is 16.3 Å². The Hall–Kier alpha value is -3.32. The van der Waals surface area contributed by atoms with E-state index in [1.807, 2.05) is 30.3 Å². The van der Waals surface area contributed by atoms with Crippen molar-refractivity contribution in [3.05, 3.63) is 54.9 Å². The number of anilines is 2. The Morgan fingerprint density at radius 1 is 0.857 bits per heavy atom. The molecule has 7 heteroatoms. The standard InChI is InChI=1S/C21H19N3O3S/c1-25-16-9-14(10-17(26-2)21(16)27-3)24-20-11-15(22-12-23-20)19-8-13-6-4-5-7-18(13)28-19/h4-12H,1-3H3,(H,22,23,24). The van der Waals surface area contributed by atoms with Crippen molar-refractivity contribution < 1.29 is 14.2 Å². The second-order valence-electron chi connectivity index (χ2n) is 5.98. The van der Waals surface area contributed by atoms with Crippen molar-refractivity contribution in [1.29, 1.82) is 0 Å².